The summed E-state index contributed by atoms with van der Waals surface area (Å²) in [4.78, 5) is 9.23. The van der Waals surface area contributed by atoms with E-state index < -0.39 is 0 Å². The van der Waals surface area contributed by atoms with Crippen LogP contribution in [0, 0.1) is 0 Å². The molecule has 0 N–H and O–H groups in total. The molecule has 0 aromatic carbocycles. The first-order valence-corrected chi connectivity index (χ1v) is 7.64. The van der Waals surface area contributed by atoms with Crippen LogP contribution >= 0.6 is 0 Å². The molecule has 0 aromatic rings. The zero-order valence-electron chi connectivity index (χ0n) is 12.6. The van der Waals surface area contributed by atoms with E-state index in [1.807, 2.05) is 6.92 Å². The molecular weight excluding hydrogens is 244 g/mol. The maximum absolute atomic E-state index is 4.77. The number of hydrogen-bond acceptors (Lipinski definition) is 4. The molecule has 0 aliphatic rings. The average molecular weight is 274 g/mol. The summed E-state index contributed by atoms with van der Waals surface area (Å²) in [6.45, 7) is 4.60. The largest absolute Gasteiger partial charge is 0.314 e. The normalized spacial score (nSPS) is 11.3. The minimum atomic E-state index is 0.537. The summed E-state index contributed by atoms with van der Waals surface area (Å²) in [5.74, 6) is 0. The molecule has 19 heavy (non-hydrogen) atoms. The SMILES string of the molecule is CC=COOOOCCCCCCCCCCCC. The second-order valence-corrected chi connectivity index (χ2v) is 4.71. The molecule has 0 bridgehead atoms. The van der Waals surface area contributed by atoms with Gasteiger partial charge in [0.2, 0.25) is 0 Å². The molecule has 4 heteroatoms. The Bertz CT molecular complexity index is 183. The van der Waals surface area contributed by atoms with Gasteiger partial charge in [-0.05, 0) is 24.5 Å². The molecule has 0 aliphatic carbocycles. The van der Waals surface area contributed by atoms with Crippen molar-refractivity contribution in [3.05, 3.63) is 12.3 Å². The Balaban J connectivity index is 2.91. The van der Waals surface area contributed by atoms with Crippen molar-refractivity contribution in [2.75, 3.05) is 6.61 Å². The molecule has 4 nitrogen and oxygen atoms in total. The summed E-state index contributed by atoms with van der Waals surface area (Å²) in [6, 6.07) is 0. The molecule has 0 amide bonds. The predicted octanol–water partition coefficient (Wildman–Crippen LogP) is 5.25. The van der Waals surface area contributed by atoms with Crippen LogP contribution in [0.3, 0.4) is 0 Å². The minimum absolute atomic E-state index is 0.537. The van der Waals surface area contributed by atoms with E-state index in [0.717, 1.165) is 6.42 Å². The minimum Gasteiger partial charge on any atom is -0.314 e. The van der Waals surface area contributed by atoms with Gasteiger partial charge < -0.3 is 4.89 Å². The third-order valence-electron chi connectivity index (χ3n) is 2.89. The van der Waals surface area contributed by atoms with Gasteiger partial charge in [-0.1, -0.05) is 64.7 Å². The summed E-state index contributed by atoms with van der Waals surface area (Å²) in [6.07, 6.45) is 16.1. The molecule has 0 radical (unpaired) electrons. The van der Waals surface area contributed by atoms with Crippen LogP contribution in [-0.4, -0.2) is 6.61 Å². The van der Waals surface area contributed by atoms with E-state index in [9.17, 15) is 0 Å². The second-order valence-electron chi connectivity index (χ2n) is 4.71. The molecular formula is C15H30O4. The Morgan fingerprint density at radius 2 is 1.32 bits per heavy atom. The first-order valence-electron chi connectivity index (χ1n) is 7.64. The molecule has 0 aliphatic heterocycles. The smallest absolute Gasteiger partial charge is 0.128 e. The van der Waals surface area contributed by atoms with Crippen molar-refractivity contribution in [2.24, 2.45) is 0 Å². The molecule has 114 valence electrons. The van der Waals surface area contributed by atoms with Crippen LogP contribution in [0.4, 0.5) is 0 Å². The van der Waals surface area contributed by atoms with Crippen molar-refractivity contribution >= 4 is 0 Å². The Hall–Kier alpha value is -0.580. The van der Waals surface area contributed by atoms with Gasteiger partial charge in [-0.15, -0.1) is 0 Å². The van der Waals surface area contributed by atoms with E-state index in [-0.39, 0.29) is 0 Å². The van der Waals surface area contributed by atoms with Crippen molar-refractivity contribution in [1.82, 2.24) is 0 Å². The molecule has 0 atom stereocenters. The van der Waals surface area contributed by atoms with Gasteiger partial charge in [-0.25, -0.2) is 4.89 Å². The summed E-state index contributed by atoms with van der Waals surface area (Å²) in [5.41, 5.74) is 0. The zero-order valence-corrected chi connectivity index (χ0v) is 12.6. The van der Waals surface area contributed by atoms with E-state index in [1.54, 1.807) is 6.08 Å². The highest BCUT2D eigenvalue weighted by molar-refractivity contribution is 4.62. The first-order chi connectivity index (χ1) is 9.41. The molecule has 0 spiro atoms. The van der Waals surface area contributed by atoms with Gasteiger partial charge in [-0.2, -0.15) is 0 Å². The lowest BCUT2D eigenvalue weighted by Crippen LogP contribution is -1.97. The third kappa shape index (κ3) is 17.4. The zero-order chi connectivity index (χ0) is 14.0. The summed E-state index contributed by atoms with van der Waals surface area (Å²) in [7, 11) is 0. The van der Waals surface area contributed by atoms with Gasteiger partial charge >= 0.3 is 0 Å². The standard InChI is InChI=1S/C15H30O4/c1-3-5-6-7-8-9-10-11-12-13-15-17-19-18-16-14-4-2/h4,14H,3,5-13,15H2,1-2H3. The fraction of sp³-hybridized carbons (Fsp3) is 0.867. The predicted molar refractivity (Wildman–Crippen MR) is 75.9 cm³/mol. The van der Waals surface area contributed by atoms with Crippen LogP contribution in [0.5, 0.6) is 0 Å². The average Bonchev–Trinajstić information content (AvgIpc) is 2.43. The van der Waals surface area contributed by atoms with Gasteiger partial charge in [0.15, 0.2) is 0 Å². The van der Waals surface area contributed by atoms with Gasteiger partial charge in [0, 0.05) is 5.04 Å². The van der Waals surface area contributed by atoms with Crippen LogP contribution in [0.15, 0.2) is 12.3 Å². The van der Waals surface area contributed by atoms with Crippen molar-refractivity contribution in [3.63, 3.8) is 0 Å². The Morgan fingerprint density at radius 3 is 1.89 bits per heavy atom. The lowest BCUT2D eigenvalue weighted by Gasteiger charge is -2.02. The van der Waals surface area contributed by atoms with Crippen LogP contribution in [0.1, 0.15) is 78.1 Å². The van der Waals surface area contributed by atoms with Crippen molar-refractivity contribution in [2.45, 2.75) is 78.1 Å². The van der Waals surface area contributed by atoms with E-state index in [4.69, 9.17) is 4.89 Å². The van der Waals surface area contributed by atoms with Crippen LogP contribution in [-0.2, 0) is 19.9 Å². The number of hydrogen-bond donors (Lipinski definition) is 0. The maximum Gasteiger partial charge on any atom is 0.128 e. The second kappa shape index (κ2) is 17.4. The fourth-order valence-electron chi connectivity index (χ4n) is 1.80. The summed E-state index contributed by atoms with van der Waals surface area (Å²) < 4.78 is 0. The summed E-state index contributed by atoms with van der Waals surface area (Å²) in [5, 5.41) is 8.60. The topological polar surface area (TPSA) is 36.9 Å². The Kier molecular flexibility index (Phi) is 16.9. The van der Waals surface area contributed by atoms with Crippen LogP contribution in [0.2, 0.25) is 0 Å². The van der Waals surface area contributed by atoms with E-state index >= 15 is 0 Å². The Labute approximate surface area is 117 Å². The molecule has 0 saturated carbocycles. The van der Waals surface area contributed by atoms with Gasteiger partial charge in [0.05, 0.1) is 6.61 Å². The fourth-order valence-corrected chi connectivity index (χ4v) is 1.80. The monoisotopic (exact) mass is 274 g/mol. The van der Waals surface area contributed by atoms with Crippen LogP contribution in [0.25, 0.3) is 0 Å². The number of allylic oxidation sites excluding steroid dienone is 1. The highest BCUT2D eigenvalue weighted by atomic mass is 17.7. The highest BCUT2D eigenvalue weighted by Gasteiger charge is 1.94. The van der Waals surface area contributed by atoms with Crippen molar-refractivity contribution in [1.29, 1.82) is 0 Å². The first kappa shape index (κ1) is 18.4. The molecule has 0 aromatic heterocycles. The maximum atomic E-state index is 4.77. The molecule has 0 unspecified atom stereocenters. The molecule has 0 rings (SSSR count). The molecule has 0 saturated heterocycles. The Morgan fingerprint density at radius 1 is 0.737 bits per heavy atom. The lowest BCUT2D eigenvalue weighted by atomic mass is 10.1. The van der Waals surface area contributed by atoms with E-state index in [2.05, 4.69) is 21.9 Å². The van der Waals surface area contributed by atoms with Crippen molar-refractivity contribution in [3.8, 4) is 0 Å². The molecule has 0 heterocycles. The van der Waals surface area contributed by atoms with Gasteiger partial charge in [-0.3, -0.25) is 0 Å². The number of unbranched alkanes of at least 4 members (excludes halogenated alkanes) is 9. The van der Waals surface area contributed by atoms with Gasteiger partial charge in [0.1, 0.15) is 6.26 Å². The van der Waals surface area contributed by atoms with Crippen molar-refractivity contribution < 1.29 is 19.9 Å². The molecule has 0 fully saturated rings. The number of rotatable bonds is 15. The third-order valence-corrected chi connectivity index (χ3v) is 2.89. The lowest BCUT2D eigenvalue weighted by molar-refractivity contribution is -0.621. The van der Waals surface area contributed by atoms with Crippen LogP contribution < -0.4 is 0 Å². The summed E-state index contributed by atoms with van der Waals surface area (Å²) >= 11 is 0. The van der Waals surface area contributed by atoms with E-state index in [0.29, 0.717) is 6.61 Å². The highest BCUT2D eigenvalue weighted by Crippen LogP contribution is 2.10. The van der Waals surface area contributed by atoms with E-state index in [1.165, 1.54) is 64.0 Å². The van der Waals surface area contributed by atoms with Gasteiger partial charge in [0.25, 0.3) is 0 Å². The quantitative estimate of drug-likeness (QED) is 0.177.